The molecule has 0 aliphatic heterocycles. The molecular weight excluding hydrogens is 358 g/mol. The van der Waals surface area contributed by atoms with Crippen molar-refractivity contribution in [3.05, 3.63) is 42.4 Å². The van der Waals surface area contributed by atoms with Crippen molar-refractivity contribution in [2.45, 2.75) is 33.2 Å². The summed E-state index contributed by atoms with van der Waals surface area (Å²) >= 11 is 0. The lowest BCUT2D eigenvalue weighted by Gasteiger charge is -2.08. The molecule has 0 aliphatic carbocycles. The smallest absolute Gasteiger partial charge is 0.305 e. The van der Waals surface area contributed by atoms with Crippen LogP contribution in [0.1, 0.15) is 32.3 Å². The zero-order chi connectivity index (χ0) is 19.8. The van der Waals surface area contributed by atoms with E-state index in [0.717, 1.165) is 22.3 Å². The van der Waals surface area contributed by atoms with Crippen molar-refractivity contribution in [3.63, 3.8) is 0 Å². The number of fused-ring (bicyclic) bond motifs is 1. The molecule has 1 aromatic carbocycles. The fourth-order valence-corrected chi connectivity index (χ4v) is 2.90. The monoisotopic (exact) mass is 383 g/mol. The molecule has 0 saturated heterocycles. The molecule has 0 spiro atoms. The molecule has 0 atom stereocenters. The maximum Gasteiger partial charge on any atom is 0.305 e. The third kappa shape index (κ3) is 4.97. The molecule has 3 rings (SSSR count). The number of carbonyl (C=O) groups is 1. The number of benzene rings is 1. The number of nitrogens with one attached hydrogen (secondary N) is 1. The van der Waals surface area contributed by atoms with E-state index < -0.39 is 0 Å². The molecule has 8 nitrogen and oxygen atoms in total. The van der Waals surface area contributed by atoms with Gasteiger partial charge in [-0.15, -0.1) is 0 Å². The van der Waals surface area contributed by atoms with Gasteiger partial charge >= 0.3 is 5.97 Å². The van der Waals surface area contributed by atoms with Crippen molar-refractivity contribution in [1.29, 1.82) is 0 Å². The molecule has 1 N–H and O–H groups in total. The Bertz CT molecular complexity index is 925. The summed E-state index contributed by atoms with van der Waals surface area (Å²) in [6.45, 7) is 6.01. The summed E-state index contributed by atoms with van der Waals surface area (Å²) in [5.74, 6) is 1.37. The number of hydrogen-bond donors (Lipinski definition) is 1. The van der Waals surface area contributed by atoms with Crippen LogP contribution < -0.4 is 10.1 Å². The summed E-state index contributed by atoms with van der Waals surface area (Å²) in [6, 6.07) is 7.95. The van der Waals surface area contributed by atoms with Crippen LogP contribution in [0.25, 0.3) is 11.0 Å². The molecule has 3 aromatic rings. The van der Waals surface area contributed by atoms with Gasteiger partial charge < -0.3 is 14.8 Å². The quantitative estimate of drug-likeness (QED) is 0.425. The molecule has 0 fully saturated rings. The fraction of sp³-hybridized carbons (Fsp3) is 0.400. The van der Waals surface area contributed by atoms with E-state index in [9.17, 15) is 4.79 Å². The minimum atomic E-state index is -0.181. The van der Waals surface area contributed by atoms with Crippen molar-refractivity contribution in [3.8, 4) is 5.75 Å². The van der Waals surface area contributed by atoms with Gasteiger partial charge in [-0.25, -0.2) is 14.6 Å². The lowest BCUT2D eigenvalue weighted by atomic mass is 10.2. The van der Waals surface area contributed by atoms with E-state index in [2.05, 4.69) is 20.4 Å². The Morgan fingerprint density at radius 3 is 2.93 bits per heavy atom. The maximum absolute atomic E-state index is 11.4. The predicted octanol–water partition coefficient (Wildman–Crippen LogP) is 3.03. The van der Waals surface area contributed by atoms with E-state index in [-0.39, 0.29) is 5.97 Å². The lowest BCUT2D eigenvalue weighted by Crippen LogP contribution is -2.09. The first-order valence-electron chi connectivity index (χ1n) is 9.49. The minimum Gasteiger partial charge on any atom is -0.494 e. The van der Waals surface area contributed by atoms with Crippen molar-refractivity contribution >= 4 is 22.8 Å². The van der Waals surface area contributed by atoms with Crippen LogP contribution in [0.4, 0.5) is 5.82 Å². The summed E-state index contributed by atoms with van der Waals surface area (Å²) in [5, 5.41) is 8.57. The second kappa shape index (κ2) is 9.68. The Kier molecular flexibility index (Phi) is 6.78. The molecule has 0 radical (unpaired) electrons. The maximum atomic E-state index is 11.4. The predicted molar refractivity (Wildman–Crippen MR) is 106 cm³/mol. The molecule has 2 aromatic heterocycles. The number of carbonyl (C=O) groups excluding carboxylic acids is 1. The number of hydrogen-bond acceptors (Lipinski definition) is 7. The van der Waals surface area contributed by atoms with Crippen LogP contribution in [0.2, 0.25) is 0 Å². The van der Waals surface area contributed by atoms with Crippen LogP contribution in [0.5, 0.6) is 5.75 Å². The number of rotatable bonds is 10. The van der Waals surface area contributed by atoms with Crippen molar-refractivity contribution in [1.82, 2.24) is 19.7 Å². The highest BCUT2D eigenvalue weighted by atomic mass is 16.5. The average Bonchev–Trinajstić information content (AvgIpc) is 3.10. The molecule has 148 valence electrons. The van der Waals surface area contributed by atoms with Gasteiger partial charge in [0.1, 0.15) is 17.9 Å². The summed E-state index contributed by atoms with van der Waals surface area (Å²) in [4.78, 5) is 20.1. The molecule has 0 saturated carbocycles. The third-order valence-electron chi connectivity index (χ3n) is 4.13. The lowest BCUT2D eigenvalue weighted by molar-refractivity contribution is -0.143. The molecule has 0 amide bonds. The molecule has 2 heterocycles. The van der Waals surface area contributed by atoms with Gasteiger partial charge in [0.15, 0.2) is 5.65 Å². The Labute approximate surface area is 163 Å². The topological polar surface area (TPSA) is 91.2 Å². The Hall–Kier alpha value is -3.16. The minimum absolute atomic E-state index is 0.181. The molecule has 0 aliphatic rings. The largest absolute Gasteiger partial charge is 0.494 e. The van der Waals surface area contributed by atoms with Crippen LogP contribution in [0.3, 0.4) is 0 Å². The van der Waals surface area contributed by atoms with Gasteiger partial charge in [-0.3, -0.25) is 4.79 Å². The number of anilines is 1. The van der Waals surface area contributed by atoms with Gasteiger partial charge in [0.05, 0.1) is 31.3 Å². The number of esters is 1. The second-order valence-electron chi connectivity index (χ2n) is 6.18. The van der Waals surface area contributed by atoms with Gasteiger partial charge in [0.25, 0.3) is 0 Å². The third-order valence-corrected chi connectivity index (χ3v) is 4.13. The van der Waals surface area contributed by atoms with Gasteiger partial charge in [-0.05, 0) is 38.0 Å². The van der Waals surface area contributed by atoms with E-state index in [4.69, 9.17) is 9.47 Å². The zero-order valence-electron chi connectivity index (χ0n) is 16.2. The number of aromatic nitrogens is 4. The van der Waals surface area contributed by atoms with Crippen molar-refractivity contribution in [2.24, 2.45) is 0 Å². The second-order valence-corrected chi connectivity index (χ2v) is 6.18. The van der Waals surface area contributed by atoms with Crippen molar-refractivity contribution < 1.29 is 14.3 Å². The van der Waals surface area contributed by atoms with Gasteiger partial charge in [0.2, 0.25) is 0 Å². The Morgan fingerprint density at radius 2 is 2.11 bits per heavy atom. The van der Waals surface area contributed by atoms with Crippen LogP contribution in [-0.2, 0) is 16.1 Å². The Balaban J connectivity index is 1.67. The van der Waals surface area contributed by atoms with Crippen molar-refractivity contribution in [2.75, 3.05) is 25.1 Å². The first-order chi connectivity index (χ1) is 13.7. The van der Waals surface area contributed by atoms with E-state index in [1.165, 1.54) is 6.33 Å². The van der Waals surface area contributed by atoms with E-state index >= 15 is 0 Å². The van der Waals surface area contributed by atoms with Crippen LogP contribution in [0, 0.1) is 0 Å². The highest BCUT2D eigenvalue weighted by Gasteiger charge is 2.10. The van der Waals surface area contributed by atoms with Gasteiger partial charge in [-0.1, -0.05) is 12.1 Å². The summed E-state index contributed by atoms with van der Waals surface area (Å²) in [5.41, 5.74) is 1.84. The molecule has 28 heavy (non-hydrogen) atoms. The normalized spacial score (nSPS) is 10.8. The molecule has 8 heteroatoms. The van der Waals surface area contributed by atoms with Crippen LogP contribution in [0.15, 0.2) is 36.8 Å². The summed E-state index contributed by atoms with van der Waals surface area (Å²) in [6.07, 6.45) is 4.33. The number of nitrogens with zero attached hydrogens (tertiary/aromatic N) is 4. The fourth-order valence-electron chi connectivity index (χ4n) is 2.90. The zero-order valence-corrected chi connectivity index (χ0v) is 16.2. The Morgan fingerprint density at radius 1 is 1.21 bits per heavy atom. The van der Waals surface area contributed by atoms with E-state index in [1.54, 1.807) is 13.1 Å². The molecule has 0 bridgehead atoms. The molecular formula is C20H25N5O3. The summed E-state index contributed by atoms with van der Waals surface area (Å²) < 4.78 is 12.3. The van der Waals surface area contributed by atoms with Gasteiger partial charge in [-0.2, -0.15) is 5.10 Å². The van der Waals surface area contributed by atoms with E-state index in [0.29, 0.717) is 45.0 Å². The van der Waals surface area contributed by atoms with Crippen LogP contribution >= 0.6 is 0 Å². The SMILES string of the molecule is CCOC(=O)CCCNc1ncnc2c1cnn2Cc1cccc(OCC)c1. The highest BCUT2D eigenvalue weighted by Crippen LogP contribution is 2.20. The first kappa shape index (κ1) is 19.6. The highest BCUT2D eigenvalue weighted by molar-refractivity contribution is 5.86. The molecule has 0 unspecified atom stereocenters. The standard InChI is InChI=1S/C20H25N5O3/c1-3-27-16-8-5-7-15(11-16)13-25-20-17(12-24-25)19(22-14-23-20)21-10-6-9-18(26)28-4-2/h5,7-8,11-12,14H,3-4,6,9-10,13H2,1-2H3,(H,21,22,23). The summed E-state index contributed by atoms with van der Waals surface area (Å²) in [7, 11) is 0. The number of ether oxygens (including phenoxy) is 2. The van der Waals surface area contributed by atoms with Crippen LogP contribution in [-0.4, -0.2) is 45.5 Å². The van der Waals surface area contributed by atoms with E-state index in [1.807, 2.05) is 35.9 Å². The first-order valence-corrected chi connectivity index (χ1v) is 9.49. The average molecular weight is 383 g/mol. The van der Waals surface area contributed by atoms with Gasteiger partial charge in [0, 0.05) is 13.0 Å².